The molecular weight excluding hydrogens is 292 g/mol. The number of hydrogen-bond acceptors (Lipinski definition) is 3. The summed E-state index contributed by atoms with van der Waals surface area (Å²) in [6, 6.07) is 10.1. The molecule has 0 radical (unpaired) electrons. The number of halogens is 1. The third-order valence-electron chi connectivity index (χ3n) is 3.44. The van der Waals surface area contributed by atoms with Crippen LogP contribution in [0.15, 0.2) is 36.4 Å². The first-order valence-electron chi connectivity index (χ1n) is 6.34. The number of aromatic hydroxyl groups is 1. The van der Waals surface area contributed by atoms with Crippen LogP contribution >= 0.6 is 11.6 Å². The van der Waals surface area contributed by atoms with Gasteiger partial charge in [0.25, 0.3) is 0 Å². The molecule has 110 valence electrons. The molecule has 0 aliphatic rings. The molecule has 0 bridgehead atoms. The fourth-order valence-corrected chi connectivity index (χ4v) is 2.54. The highest BCUT2D eigenvalue weighted by Crippen LogP contribution is 2.38. The van der Waals surface area contributed by atoms with Gasteiger partial charge in [-0.2, -0.15) is 0 Å². The molecule has 0 spiro atoms. The molecule has 21 heavy (non-hydrogen) atoms. The monoisotopic (exact) mass is 306 g/mol. The van der Waals surface area contributed by atoms with Crippen LogP contribution in [0.25, 0.3) is 0 Å². The zero-order chi connectivity index (χ0) is 15.6. The zero-order valence-corrected chi connectivity index (χ0v) is 12.4. The van der Waals surface area contributed by atoms with Crippen molar-refractivity contribution in [2.24, 2.45) is 0 Å². The number of benzene rings is 2. The smallest absolute Gasteiger partial charge is 0.339 e. The van der Waals surface area contributed by atoms with Crippen molar-refractivity contribution in [3.63, 3.8) is 0 Å². The predicted octanol–water partition coefficient (Wildman–Crippen LogP) is 3.90. The summed E-state index contributed by atoms with van der Waals surface area (Å²) in [7, 11) is 1.58. The van der Waals surface area contributed by atoms with E-state index in [4.69, 9.17) is 21.4 Å². The summed E-state index contributed by atoms with van der Waals surface area (Å²) >= 11 is 6.13. The average Bonchev–Trinajstić information content (AvgIpc) is 2.46. The Morgan fingerprint density at radius 1 is 1.19 bits per heavy atom. The van der Waals surface area contributed by atoms with Gasteiger partial charge in [-0.25, -0.2) is 4.79 Å². The Hall–Kier alpha value is -2.20. The summed E-state index contributed by atoms with van der Waals surface area (Å²) in [5.74, 6) is -1.01. The zero-order valence-electron chi connectivity index (χ0n) is 11.6. The summed E-state index contributed by atoms with van der Waals surface area (Å²) in [6.07, 6.45) is 0. The molecule has 0 fully saturated rings. The van der Waals surface area contributed by atoms with E-state index in [1.54, 1.807) is 19.2 Å². The third-order valence-corrected chi connectivity index (χ3v) is 3.77. The molecule has 0 heterocycles. The summed E-state index contributed by atoms with van der Waals surface area (Å²) in [5, 5.41) is 19.6. The maximum atomic E-state index is 11.1. The van der Waals surface area contributed by atoms with Crippen molar-refractivity contribution in [3.05, 3.63) is 58.1 Å². The minimum atomic E-state index is -1.19. The maximum absolute atomic E-state index is 11.1. The minimum Gasteiger partial charge on any atom is -0.507 e. The average molecular weight is 307 g/mol. The highest BCUT2D eigenvalue weighted by molar-refractivity contribution is 6.31. The molecule has 1 unspecified atom stereocenters. The lowest BCUT2D eigenvalue weighted by molar-refractivity contribution is 0.0693. The van der Waals surface area contributed by atoms with E-state index < -0.39 is 5.97 Å². The molecule has 5 heteroatoms. The second-order valence-electron chi connectivity index (χ2n) is 4.66. The Balaban J connectivity index is 2.49. The number of carboxylic acids is 1. The summed E-state index contributed by atoms with van der Waals surface area (Å²) < 4.78 is 5.10. The van der Waals surface area contributed by atoms with Gasteiger partial charge in [-0.15, -0.1) is 0 Å². The van der Waals surface area contributed by atoms with Crippen LogP contribution in [0.1, 0.15) is 34.3 Å². The number of carboxylic acid groups (broad SMARTS) is 1. The fraction of sp³-hybridized carbons (Fsp3) is 0.188. The van der Waals surface area contributed by atoms with Gasteiger partial charge in [0.2, 0.25) is 0 Å². The molecule has 0 aliphatic carbocycles. The summed E-state index contributed by atoms with van der Waals surface area (Å²) in [4.78, 5) is 11.1. The van der Waals surface area contributed by atoms with E-state index in [-0.39, 0.29) is 17.2 Å². The highest BCUT2D eigenvalue weighted by Gasteiger charge is 2.21. The molecule has 2 N–H and O–H groups in total. The van der Waals surface area contributed by atoms with Crippen molar-refractivity contribution in [2.45, 2.75) is 12.8 Å². The molecule has 0 amide bonds. The van der Waals surface area contributed by atoms with Gasteiger partial charge >= 0.3 is 5.97 Å². The lowest BCUT2D eigenvalue weighted by atomic mass is 9.91. The SMILES string of the molecule is COc1ccc(C(C)c2c(Cl)ccc(C(=O)O)c2O)cc1. The van der Waals surface area contributed by atoms with Gasteiger partial charge in [-0.3, -0.25) is 0 Å². The molecule has 2 aromatic carbocycles. The standard InChI is InChI=1S/C16H15ClO4/c1-9(10-3-5-11(21-2)6-4-10)14-13(17)8-7-12(15(14)18)16(19)20/h3-9,18H,1-2H3,(H,19,20). The predicted molar refractivity (Wildman–Crippen MR) is 80.6 cm³/mol. The Bertz CT molecular complexity index is 665. The number of ether oxygens (including phenoxy) is 1. The lowest BCUT2D eigenvalue weighted by Crippen LogP contribution is -2.03. The topological polar surface area (TPSA) is 66.8 Å². The molecule has 0 saturated heterocycles. The van der Waals surface area contributed by atoms with E-state index in [0.29, 0.717) is 10.6 Å². The molecule has 0 aromatic heterocycles. The quantitative estimate of drug-likeness (QED) is 0.899. The number of rotatable bonds is 4. The van der Waals surface area contributed by atoms with Crippen molar-refractivity contribution < 1.29 is 19.7 Å². The molecule has 4 nitrogen and oxygen atoms in total. The van der Waals surface area contributed by atoms with Crippen LogP contribution in [0, 0.1) is 0 Å². The van der Waals surface area contributed by atoms with Crippen LogP contribution in [0.4, 0.5) is 0 Å². The first kappa shape index (κ1) is 15.2. The Labute approximate surface area is 127 Å². The number of carbonyl (C=O) groups is 1. The van der Waals surface area contributed by atoms with Crippen LogP contribution in [-0.4, -0.2) is 23.3 Å². The molecule has 0 aliphatic heterocycles. The first-order chi connectivity index (χ1) is 9.95. The normalized spacial score (nSPS) is 12.0. The Morgan fingerprint density at radius 2 is 1.81 bits per heavy atom. The maximum Gasteiger partial charge on any atom is 0.339 e. The van der Waals surface area contributed by atoms with E-state index in [0.717, 1.165) is 11.3 Å². The van der Waals surface area contributed by atoms with Gasteiger partial charge in [-0.05, 0) is 29.8 Å². The molecular formula is C16H15ClO4. The highest BCUT2D eigenvalue weighted by atomic mass is 35.5. The van der Waals surface area contributed by atoms with E-state index in [2.05, 4.69) is 0 Å². The number of phenols is 1. The lowest BCUT2D eigenvalue weighted by Gasteiger charge is -2.17. The van der Waals surface area contributed by atoms with Gasteiger partial charge in [-0.1, -0.05) is 30.7 Å². The Kier molecular flexibility index (Phi) is 4.38. The van der Waals surface area contributed by atoms with Crippen molar-refractivity contribution >= 4 is 17.6 Å². The number of hydrogen-bond donors (Lipinski definition) is 2. The van der Waals surface area contributed by atoms with Crippen LogP contribution < -0.4 is 4.74 Å². The van der Waals surface area contributed by atoms with Gasteiger partial charge < -0.3 is 14.9 Å². The Morgan fingerprint density at radius 3 is 2.33 bits per heavy atom. The van der Waals surface area contributed by atoms with Crippen molar-refractivity contribution in [2.75, 3.05) is 7.11 Å². The van der Waals surface area contributed by atoms with Gasteiger partial charge in [0.1, 0.15) is 17.1 Å². The second kappa shape index (κ2) is 6.06. The van der Waals surface area contributed by atoms with E-state index >= 15 is 0 Å². The summed E-state index contributed by atoms with van der Waals surface area (Å²) in [5.41, 5.74) is 1.15. The van der Waals surface area contributed by atoms with E-state index in [9.17, 15) is 9.90 Å². The van der Waals surface area contributed by atoms with Crippen LogP contribution in [0.2, 0.25) is 5.02 Å². The van der Waals surface area contributed by atoms with Gasteiger partial charge in [0.05, 0.1) is 7.11 Å². The van der Waals surface area contributed by atoms with Gasteiger partial charge in [0, 0.05) is 16.5 Å². The fourth-order valence-electron chi connectivity index (χ4n) is 2.23. The molecule has 1 atom stereocenters. The number of methoxy groups -OCH3 is 1. The van der Waals surface area contributed by atoms with Crippen molar-refractivity contribution in [1.82, 2.24) is 0 Å². The molecule has 2 aromatic rings. The first-order valence-corrected chi connectivity index (χ1v) is 6.72. The van der Waals surface area contributed by atoms with Gasteiger partial charge in [0.15, 0.2) is 0 Å². The summed E-state index contributed by atoms with van der Waals surface area (Å²) in [6.45, 7) is 1.86. The van der Waals surface area contributed by atoms with Crippen LogP contribution in [0.5, 0.6) is 11.5 Å². The number of aromatic carboxylic acids is 1. The largest absolute Gasteiger partial charge is 0.507 e. The molecule has 2 rings (SSSR count). The second-order valence-corrected chi connectivity index (χ2v) is 5.06. The molecule has 0 saturated carbocycles. The minimum absolute atomic E-state index is 0.158. The third kappa shape index (κ3) is 2.95. The van der Waals surface area contributed by atoms with Crippen LogP contribution in [0.3, 0.4) is 0 Å². The van der Waals surface area contributed by atoms with Crippen molar-refractivity contribution in [3.8, 4) is 11.5 Å². The van der Waals surface area contributed by atoms with Crippen LogP contribution in [-0.2, 0) is 0 Å². The van der Waals surface area contributed by atoms with Crippen molar-refractivity contribution in [1.29, 1.82) is 0 Å². The van der Waals surface area contributed by atoms with E-state index in [1.807, 2.05) is 19.1 Å². The van der Waals surface area contributed by atoms with E-state index in [1.165, 1.54) is 12.1 Å².